The Balaban J connectivity index is 3.67. The van der Waals surface area contributed by atoms with Crippen molar-refractivity contribution in [3.63, 3.8) is 0 Å². The number of rotatable bonds is 14. The van der Waals surface area contributed by atoms with Gasteiger partial charge in [0.15, 0.2) is 0 Å². The van der Waals surface area contributed by atoms with Gasteiger partial charge in [0.25, 0.3) is 0 Å². The van der Waals surface area contributed by atoms with Gasteiger partial charge < -0.3 is 14.8 Å². The van der Waals surface area contributed by atoms with E-state index >= 15 is 0 Å². The van der Waals surface area contributed by atoms with Crippen LogP contribution in [0.15, 0.2) is 0 Å². The number of ether oxygens (including phenoxy) is 2. The van der Waals surface area contributed by atoms with Crippen LogP contribution in [-0.4, -0.2) is 63.0 Å². The van der Waals surface area contributed by atoms with Crippen molar-refractivity contribution in [1.82, 2.24) is 10.2 Å². The largest absolute Gasteiger partial charge is 0.380 e. The van der Waals surface area contributed by atoms with Crippen molar-refractivity contribution < 1.29 is 9.47 Å². The molecule has 0 aromatic rings. The van der Waals surface area contributed by atoms with E-state index in [4.69, 9.17) is 9.47 Å². The molecule has 4 nitrogen and oxygen atoms in total. The summed E-state index contributed by atoms with van der Waals surface area (Å²) in [6.07, 6.45) is 3.79. The van der Waals surface area contributed by atoms with Crippen LogP contribution in [0.4, 0.5) is 0 Å². The predicted octanol–water partition coefficient (Wildman–Crippen LogP) is 2.92. The molecule has 0 amide bonds. The molecule has 1 N–H and O–H groups in total. The number of nitrogens with one attached hydrogen (secondary N) is 1. The summed E-state index contributed by atoms with van der Waals surface area (Å²) in [5.74, 6) is 0. The van der Waals surface area contributed by atoms with Crippen molar-refractivity contribution in [2.75, 3.05) is 52.6 Å². The summed E-state index contributed by atoms with van der Waals surface area (Å²) in [5, 5.41) is 3.54. The van der Waals surface area contributed by atoms with Crippen LogP contribution >= 0.6 is 0 Å². The van der Waals surface area contributed by atoms with Crippen molar-refractivity contribution in [3.05, 3.63) is 0 Å². The quantitative estimate of drug-likeness (QED) is 0.500. The molecule has 0 fully saturated rings. The molecule has 0 aliphatic heterocycles. The lowest BCUT2D eigenvalue weighted by atomic mass is 10.1. The Morgan fingerprint density at radius 3 is 1.86 bits per heavy atom. The molecular formula is C17H38N2O2. The minimum Gasteiger partial charge on any atom is -0.380 e. The Morgan fingerprint density at radius 1 is 0.810 bits per heavy atom. The lowest BCUT2D eigenvalue weighted by Crippen LogP contribution is -2.36. The topological polar surface area (TPSA) is 33.7 Å². The highest BCUT2D eigenvalue weighted by atomic mass is 16.5. The Hall–Kier alpha value is -0.160. The Bertz CT molecular complexity index is 207. The zero-order valence-corrected chi connectivity index (χ0v) is 15.0. The molecule has 4 heteroatoms. The van der Waals surface area contributed by atoms with E-state index in [0.29, 0.717) is 0 Å². The van der Waals surface area contributed by atoms with Crippen molar-refractivity contribution in [2.24, 2.45) is 0 Å². The smallest absolute Gasteiger partial charge is 0.0593 e. The second kappa shape index (κ2) is 13.5. The van der Waals surface area contributed by atoms with Gasteiger partial charge in [0.05, 0.1) is 13.2 Å². The lowest BCUT2D eigenvalue weighted by molar-refractivity contribution is 0.0820. The maximum absolute atomic E-state index is 5.46. The fraction of sp³-hybridized carbons (Fsp3) is 1.00. The van der Waals surface area contributed by atoms with Crippen LogP contribution in [0.25, 0.3) is 0 Å². The molecule has 21 heavy (non-hydrogen) atoms. The average molecular weight is 303 g/mol. The van der Waals surface area contributed by atoms with Crippen molar-refractivity contribution in [1.29, 1.82) is 0 Å². The first kappa shape index (κ1) is 20.8. The van der Waals surface area contributed by atoms with Gasteiger partial charge in [0, 0.05) is 31.8 Å². The highest BCUT2D eigenvalue weighted by Gasteiger charge is 2.08. The Morgan fingerprint density at radius 2 is 1.38 bits per heavy atom. The maximum Gasteiger partial charge on any atom is 0.0593 e. The predicted molar refractivity (Wildman–Crippen MR) is 91.0 cm³/mol. The standard InChI is InChI=1S/C17H38N2O2/c1-6-20-15-13-19(14-16-21-7-2)12-10-8-9-11-18-17(3,4)5/h18H,6-16H2,1-5H3. The Kier molecular flexibility index (Phi) is 13.4. The maximum atomic E-state index is 5.46. The van der Waals surface area contributed by atoms with E-state index in [1.54, 1.807) is 0 Å². The molecule has 0 saturated carbocycles. The van der Waals surface area contributed by atoms with Gasteiger partial charge in [-0.2, -0.15) is 0 Å². The average Bonchev–Trinajstić information content (AvgIpc) is 2.41. The highest BCUT2D eigenvalue weighted by molar-refractivity contribution is 4.69. The number of unbranched alkanes of at least 4 members (excludes halogenated alkanes) is 2. The zero-order valence-electron chi connectivity index (χ0n) is 15.0. The number of nitrogens with zero attached hydrogens (tertiary/aromatic N) is 1. The van der Waals surface area contributed by atoms with Gasteiger partial charge in [0.1, 0.15) is 0 Å². The van der Waals surface area contributed by atoms with Crippen LogP contribution in [0.2, 0.25) is 0 Å². The third-order valence-electron chi connectivity index (χ3n) is 3.32. The molecule has 0 unspecified atom stereocenters. The molecule has 0 atom stereocenters. The molecule has 0 aromatic carbocycles. The molecule has 0 bridgehead atoms. The van der Waals surface area contributed by atoms with Crippen molar-refractivity contribution in [3.8, 4) is 0 Å². The molecule has 0 spiro atoms. The van der Waals surface area contributed by atoms with Crippen LogP contribution in [0.1, 0.15) is 53.9 Å². The highest BCUT2D eigenvalue weighted by Crippen LogP contribution is 2.02. The van der Waals surface area contributed by atoms with Crippen LogP contribution in [0.3, 0.4) is 0 Å². The van der Waals surface area contributed by atoms with Gasteiger partial charge in [-0.15, -0.1) is 0 Å². The summed E-state index contributed by atoms with van der Waals surface area (Å²) in [4.78, 5) is 2.46. The van der Waals surface area contributed by atoms with Gasteiger partial charge in [0.2, 0.25) is 0 Å². The first-order chi connectivity index (χ1) is 9.99. The second-order valence-electron chi connectivity index (χ2n) is 6.47. The molecule has 0 radical (unpaired) electrons. The summed E-state index contributed by atoms with van der Waals surface area (Å²) >= 11 is 0. The third-order valence-corrected chi connectivity index (χ3v) is 3.32. The van der Waals surface area contributed by atoms with Crippen LogP contribution in [0.5, 0.6) is 0 Å². The van der Waals surface area contributed by atoms with E-state index in [1.807, 2.05) is 13.8 Å². The zero-order chi connectivity index (χ0) is 16.0. The lowest BCUT2D eigenvalue weighted by Gasteiger charge is -2.23. The molecule has 0 rings (SSSR count). The minimum atomic E-state index is 0.237. The third kappa shape index (κ3) is 16.0. The van der Waals surface area contributed by atoms with Crippen molar-refractivity contribution in [2.45, 2.75) is 59.4 Å². The summed E-state index contributed by atoms with van der Waals surface area (Å²) in [5.41, 5.74) is 0.237. The summed E-state index contributed by atoms with van der Waals surface area (Å²) in [7, 11) is 0. The van der Waals surface area contributed by atoms with Gasteiger partial charge in [-0.1, -0.05) is 6.42 Å². The van der Waals surface area contributed by atoms with E-state index in [0.717, 1.165) is 52.6 Å². The van der Waals surface area contributed by atoms with Crippen LogP contribution < -0.4 is 5.32 Å². The molecular weight excluding hydrogens is 264 g/mol. The van der Waals surface area contributed by atoms with E-state index in [1.165, 1.54) is 19.3 Å². The summed E-state index contributed by atoms with van der Waals surface area (Å²) in [6.45, 7) is 18.3. The first-order valence-corrected chi connectivity index (χ1v) is 8.62. The van der Waals surface area contributed by atoms with Crippen LogP contribution in [0, 0.1) is 0 Å². The fourth-order valence-electron chi connectivity index (χ4n) is 2.11. The van der Waals surface area contributed by atoms with E-state index in [-0.39, 0.29) is 5.54 Å². The van der Waals surface area contributed by atoms with Gasteiger partial charge >= 0.3 is 0 Å². The normalized spacial score (nSPS) is 12.3. The molecule has 128 valence electrons. The summed E-state index contributed by atoms with van der Waals surface area (Å²) < 4.78 is 10.9. The molecule has 0 aliphatic carbocycles. The van der Waals surface area contributed by atoms with E-state index in [9.17, 15) is 0 Å². The molecule has 0 aliphatic rings. The monoisotopic (exact) mass is 302 g/mol. The van der Waals surface area contributed by atoms with Gasteiger partial charge in [-0.3, -0.25) is 4.90 Å². The minimum absolute atomic E-state index is 0.237. The van der Waals surface area contributed by atoms with Gasteiger partial charge in [-0.25, -0.2) is 0 Å². The SMILES string of the molecule is CCOCCN(CCCCCNC(C)(C)C)CCOCC. The van der Waals surface area contributed by atoms with Gasteiger partial charge in [-0.05, 0) is 60.5 Å². The fourth-order valence-corrected chi connectivity index (χ4v) is 2.11. The first-order valence-electron chi connectivity index (χ1n) is 8.62. The van der Waals surface area contributed by atoms with Crippen LogP contribution in [-0.2, 0) is 9.47 Å². The van der Waals surface area contributed by atoms with E-state index in [2.05, 4.69) is 31.0 Å². The number of hydrogen-bond donors (Lipinski definition) is 1. The van der Waals surface area contributed by atoms with Crippen molar-refractivity contribution >= 4 is 0 Å². The van der Waals surface area contributed by atoms with E-state index < -0.39 is 0 Å². The second-order valence-corrected chi connectivity index (χ2v) is 6.47. The molecule has 0 heterocycles. The molecule has 0 aromatic heterocycles. The summed E-state index contributed by atoms with van der Waals surface area (Å²) in [6, 6.07) is 0. The number of hydrogen-bond acceptors (Lipinski definition) is 4. The molecule has 0 saturated heterocycles. The Labute approximate surface area is 132 Å².